The molecule has 0 aliphatic heterocycles. The summed E-state index contributed by atoms with van der Waals surface area (Å²) in [5.74, 6) is 0.452. The predicted octanol–water partition coefficient (Wildman–Crippen LogP) is 15.1. The van der Waals surface area contributed by atoms with Crippen molar-refractivity contribution >= 4 is 49.4 Å². The van der Waals surface area contributed by atoms with E-state index in [1.165, 1.54) is 88.2 Å². The van der Waals surface area contributed by atoms with Crippen LogP contribution < -0.4 is 4.90 Å². The molecule has 9 aromatic carbocycles. The molecule has 3 aliphatic rings. The van der Waals surface area contributed by atoms with Crippen LogP contribution in [-0.2, 0) is 10.8 Å². The van der Waals surface area contributed by atoms with E-state index in [0.717, 1.165) is 5.69 Å². The maximum Gasteiger partial charge on any atom is 0.0525 e. The number of nitrogens with zero attached hydrogens (tertiary/aromatic N) is 1. The van der Waals surface area contributed by atoms with Gasteiger partial charge in [0.2, 0.25) is 0 Å². The number of hydrogen-bond acceptors (Lipinski definition) is 1. The average Bonchev–Trinajstić information content (AvgIpc) is 3.72. The monoisotopic (exact) mass is 753 g/mol. The summed E-state index contributed by atoms with van der Waals surface area (Å²) in [6.45, 7) is 4.76. The molecule has 0 saturated carbocycles. The van der Waals surface area contributed by atoms with Gasteiger partial charge in [0.15, 0.2) is 0 Å². The molecule has 9 aromatic rings. The number of fused-ring (bicyclic) bond motifs is 12. The summed E-state index contributed by atoms with van der Waals surface area (Å²) in [7, 11) is 0. The Hall–Kier alpha value is -6.96. The fourth-order valence-corrected chi connectivity index (χ4v) is 11.4. The van der Waals surface area contributed by atoms with Crippen LogP contribution in [0.25, 0.3) is 43.4 Å². The molecule has 3 aliphatic carbocycles. The Morgan fingerprint density at radius 3 is 1.59 bits per heavy atom. The third kappa shape index (κ3) is 4.79. The van der Waals surface area contributed by atoms with E-state index in [1.54, 1.807) is 0 Å². The Kier molecular flexibility index (Phi) is 7.38. The van der Waals surface area contributed by atoms with Gasteiger partial charge in [-0.3, -0.25) is 0 Å². The molecule has 0 amide bonds. The SMILES string of the molecule is CC1(C)c2ccccc2-c2ccc(N(c3ccc4c(c3)C3C=CC=CC3C4(c3ccccc3)c3ccccc3)c3ccc4c5ccccc5c5ccccc5c4c3)cc21. The van der Waals surface area contributed by atoms with Gasteiger partial charge < -0.3 is 4.90 Å². The second-order valence-electron chi connectivity index (χ2n) is 17.2. The molecule has 0 spiro atoms. The fraction of sp³-hybridized carbons (Fsp3) is 0.103. The topological polar surface area (TPSA) is 3.24 Å². The number of hydrogen-bond donors (Lipinski definition) is 0. The molecule has 0 heterocycles. The second kappa shape index (κ2) is 12.8. The summed E-state index contributed by atoms with van der Waals surface area (Å²) < 4.78 is 0. The molecule has 2 unspecified atom stereocenters. The van der Waals surface area contributed by atoms with Crippen molar-refractivity contribution in [3.63, 3.8) is 0 Å². The maximum atomic E-state index is 2.52. The lowest BCUT2D eigenvalue weighted by Gasteiger charge is -2.38. The molecular weight excluding hydrogens is 711 g/mol. The Balaban J connectivity index is 1.12. The molecule has 0 aromatic heterocycles. The number of benzene rings is 9. The van der Waals surface area contributed by atoms with Crippen molar-refractivity contribution < 1.29 is 0 Å². The van der Waals surface area contributed by atoms with Crippen LogP contribution in [0.3, 0.4) is 0 Å². The molecule has 59 heavy (non-hydrogen) atoms. The van der Waals surface area contributed by atoms with Crippen LogP contribution in [-0.4, -0.2) is 0 Å². The lowest BCUT2D eigenvalue weighted by molar-refractivity contribution is 0.456. The van der Waals surface area contributed by atoms with Crippen molar-refractivity contribution in [1.82, 2.24) is 0 Å². The van der Waals surface area contributed by atoms with Crippen LogP contribution in [0.2, 0.25) is 0 Å². The van der Waals surface area contributed by atoms with Gasteiger partial charge in [-0.25, -0.2) is 0 Å². The Morgan fingerprint density at radius 2 is 0.898 bits per heavy atom. The molecule has 0 fully saturated rings. The van der Waals surface area contributed by atoms with Crippen molar-refractivity contribution in [2.24, 2.45) is 5.92 Å². The third-order valence-corrected chi connectivity index (χ3v) is 14.0. The Bertz CT molecular complexity index is 3130. The standard InChI is InChI=1S/C58H43N/c1-57(2)53-27-15-13-25-48(53)50-33-30-42(37-56(50)57)59(40-29-32-47-45-23-10-9-21-43(45)44-22-11-12-24-46(44)51(47)35-40)41-31-34-55-52(36-41)49-26-14-16-28-54(49)58(55,38-17-5-3-6-18-38)39-19-7-4-8-20-39/h3-37,49,54H,1-2H3. The van der Waals surface area contributed by atoms with E-state index in [-0.39, 0.29) is 22.7 Å². The second-order valence-corrected chi connectivity index (χ2v) is 17.2. The first-order valence-corrected chi connectivity index (χ1v) is 21.0. The van der Waals surface area contributed by atoms with Crippen LogP contribution in [0.4, 0.5) is 17.1 Å². The van der Waals surface area contributed by atoms with Gasteiger partial charge >= 0.3 is 0 Å². The summed E-state index contributed by atoms with van der Waals surface area (Å²) in [4.78, 5) is 2.52. The van der Waals surface area contributed by atoms with Crippen LogP contribution in [0.5, 0.6) is 0 Å². The highest BCUT2D eigenvalue weighted by molar-refractivity contribution is 6.25. The molecule has 0 radical (unpaired) electrons. The molecular formula is C58H43N. The summed E-state index contributed by atoms with van der Waals surface area (Å²) in [5.41, 5.74) is 13.9. The lowest BCUT2D eigenvalue weighted by atomic mass is 9.63. The molecule has 0 N–H and O–H groups in total. The van der Waals surface area contributed by atoms with E-state index in [0.29, 0.717) is 0 Å². The van der Waals surface area contributed by atoms with Gasteiger partial charge in [0.25, 0.3) is 0 Å². The maximum absolute atomic E-state index is 2.52. The minimum Gasteiger partial charge on any atom is -0.310 e. The number of allylic oxidation sites excluding steroid dienone is 4. The first kappa shape index (κ1) is 34.1. The fourth-order valence-electron chi connectivity index (χ4n) is 11.4. The van der Waals surface area contributed by atoms with Crippen LogP contribution in [0.1, 0.15) is 53.1 Å². The van der Waals surface area contributed by atoms with Gasteiger partial charge in [-0.1, -0.05) is 190 Å². The van der Waals surface area contributed by atoms with E-state index in [1.807, 2.05) is 0 Å². The Morgan fingerprint density at radius 1 is 0.390 bits per heavy atom. The molecule has 2 atom stereocenters. The molecule has 280 valence electrons. The van der Waals surface area contributed by atoms with Crippen molar-refractivity contribution in [2.45, 2.75) is 30.6 Å². The average molecular weight is 754 g/mol. The highest BCUT2D eigenvalue weighted by Crippen LogP contribution is 2.60. The zero-order chi connectivity index (χ0) is 39.3. The van der Waals surface area contributed by atoms with Crippen LogP contribution >= 0.6 is 0 Å². The summed E-state index contributed by atoms with van der Waals surface area (Å²) in [6, 6.07) is 70.8. The molecule has 1 nitrogen and oxygen atoms in total. The van der Waals surface area contributed by atoms with Crippen molar-refractivity contribution in [3.8, 4) is 11.1 Å². The third-order valence-electron chi connectivity index (χ3n) is 14.0. The molecule has 0 bridgehead atoms. The van der Waals surface area contributed by atoms with Gasteiger partial charge in [-0.05, 0) is 113 Å². The first-order chi connectivity index (χ1) is 29.0. The Labute approximate surface area is 346 Å². The van der Waals surface area contributed by atoms with Crippen molar-refractivity contribution in [2.75, 3.05) is 4.90 Å². The largest absolute Gasteiger partial charge is 0.310 e. The number of rotatable bonds is 5. The van der Waals surface area contributed by atoms with Gasteiger partial charge in [-0.15, -0.1) is 0 Å². The molecule has 12 rings (SSSR count). The number of anilines is 3. The highest BCUT2D eigenvalue weighted by Gasteiger charge is 2.53. The predicted molar refractivity (Wildman–Crippen MR) is 248 cm³/mol. The van der Waals surface area contributed by atoms with Gasteiger partial charge in [-0.2, -0.15) is 0 Å². The van der Waals surface area contributed by atoms with Gasteiger partial charge in [0.05, 0.1) is 5.41 Å². The van der Waals surface area contributed by atoms with Crippen molar-refractivity contribution in [1.29, 1.82) is 0 Å². The minimum atomic E-state index is -0.334. The van der Waals surface area contributed by atoms with E-state index < -0.39 is 0 Å². The van der Waals surface area contributed by atoms with Crippen LogP contribution in [0, 0.1) is 5.92 Å². The van der Waals surface area contributed by atoms with Crippen LogP contribution in [0.15, 0.2) is 212 Å². The zero-order valence-corrected chi connectivity index (χ0v) is 33.3. The zero-order valence-electron chi connectivity index (χ0n) is 33.3. The molecule has 1 heteroatoms. The quantitative estimate of drug-likeness (QED) is 0.158. The first-order valence-electron chi connectivity index (χ1n) is 21.0. The summed E-state index contributed by atoms with van der Waals surface area (Å²) in [6.07, 6.45) is 9.41. The highest BCUT2D eigenvalue weighted by atomic mass is 15.1. The van der Waals surface area contributed by atoms with E-state index in [4.69, 9.17) is 0 Å². The minimum absolute atomic E-state index is 0.124. The lowest BCUT2D eigenvalue weighted by Crippen LogP contribution is -2.35. The molecule has 0 saturated heterocycles. The summed E-state index contributed by atoms with van der Waals surface area (Å²) >= 11 is 0. The van der Waals surface area contributed by atoms with E-state index in [9.17, 15) is 0 Å². The smallest absolute Gasteiger partial charge is 0.0525 e. The van der Waals surface area contributed by atoms with E-state index in [2.05, 4.69) is 231 Å². The van der Waals surface area contributed by atoms with Gasteiger partial charge in [0, 0.05) is 34.3 Å². The van der Waals surface area contributed by atoms with E-state index >= 15 is 0 Å². The van der Waals surface area contributed by atoms with Crippen molar-refractivity contribution in [3.05, 3.63) is 246 Å². The van der Waals surface area contributed by atoms with Gasteiger partial charge in [0.1, 0.15) is 0 Å². The summed E-state index contributed by atoms with van der Waals surface area (Å²) in [5, 5.41) is 7.69. The normalized spacial score (nSPS) is 17.8.